The Kier molecular flexibility index (Phi) is 8.15. The molecule has 1 amide bonds. The molecule has 1 aliphatic rings. The van der Waals surface area contributed by atoms with Crippen molar-refractivity contribution in [2.45, 2.75) is 39.7 Å². The van der Waals surface area contributed by atoms with Crippen molar-refractivity contribution >= 4 is 12.0 Å². The topological polar surface area (TPSA) is 80.6 Å². The summed E-state index contributed by atoms with van der Waals surface area (Å²) in [6.45, 7) is 8.28. The molecule has 0 unspecified atom stereocenters. The third-order valence-corrected chi connectivity index (χ3v) is 4.03. The smallest absolute Gasteiger partial charge is 0.262 e. The van der Waals surface area contributed by atoms with E-state index in [1.54, 1.807) is 18.2 Å². The van der Waals surface area contributed by atoms with Crippen molar-refractivity contribution in [3.8, 4) is 17.6 Å². The highest BCUT2D eigenvalue weighted by Crippen LogP contribution is 2.29. The quantitative estimate of drug-likeness (QED) is 0.531. The summed E-state index contributed by atoms with van der Waals surface area (Å²) < 4.78 is 16.9. The van der Waals surface area contributed by atoms with Crippen LogP contribution in [0, 0.1) is 17.2 Å². The van der Waals surface area contributed by atoms with E-state index in [0.717, 1.165) is 19.4 Å². The molecule has 27 heavy (non-hydrogen) atoms. The van der Waals surface area contributed by atoms with Crippen LogP contribution >= 0.6 is 0 Å². The van der Waals surface area contributed by atoms with Gasteiger partial charge in [-0.1, -0.05) is 19.9 Å². The summed E-state index contributed by atoms with van der Waals surface area (Å²) in [4.78, 5) is 12.3. The van der Waals surface area contributed by atoms with E-state index in [9.17, 15) is 10.1 Å². The Morgan fingerprint density at radius 3 is 2.85 bits per heavy atom. The Bertz CT molecular complexity index is 701. The standard InChI is InChI=1S/C21H28N2O4/c1-4-25-20-11-16(7-8-19(20)27-14-15(2)3)10-17(12-22)21(24)23-13-18-6-5-9-26-18/h7-8,10-11,15,18H,4-6,9,13-14H2,1-3H3,(H,23,24)/b17-10+/t18-/m0/s1. The summed E-state index contributed by atoms with van der Waals surface area (Å²) in [7, 11) is 0. The lowest BCUT2D eigenvalue weighted by molar-refractivity contribution is -0.117. The van der Waals surface area contributed by atoms with Crippen molar-refractivity contribution in [3.63, 3.8) is 0 Å². The molecule has 1 aromatic rings. The van der Waals surface area contributed by atoms with E-state index in [1.807, 2.05) is 19.1 Å². The first-order valence-corrected chi connectivity index (χ1v) is 9.44. The molecule has 0 saturated carbocycles. The van der Waals surface area contributed by atoms with Crippen LogP contribution in [0.5, 0.6) is 11.5 Å². The van der Waals surface area contributed by atoms with Gasteiger partial charge in [0.15, 0.2) is 11.5 Å². The minimum absolute atomic E-state index is 0.0378. The first kappa shape index (κ1) is 20.8. The van der Waals surface area contributed by atoms with Crippen LogP contribution in [0.3, 0.4) is 0 Å². The van der Waals surface area contributed by atoms with Crippen molar-refractivity contribution in [2.24, 2.45) is 5.92 Å². The number of nitriles is 1. The second-order valence-electron chi connectivity index (χ2n) is 6.86. The van der Waals surface area contributed by atoms with E-state index in [0.29, 0.717) is 42.7 Å². The second-order valence-corrected chi connectivity index (χ2v) is 6.86. The van der Waals surface area contributed by atoms with Gasteiger partial charge in [-0.25, -0.2) is 0 Å². The Balaban J connectivity index is 2.09. The normalized spacial score (nSPS) is 16.9. The molecule has 2 rings (SSSR count). The highest BCUT2D eigenvalue weighted by Gasteiger charge is 2.17. The van der Waals surface area contributed by atoms with Crippen LogP contribution in [-0.4, -0.2) is 38.4 Å². The Morgan fingerprint density at radius 2 is 2.22 bits per heavy atom. The van der Waals surface area contributed by atoms with E-state index >= 15 is 0 Å². The fourth-order valence-electron chi connectivity index (χ4n) is 2.68. The SMILES string of the molecule is CCOc1cc(/C=C(\C#N)C(=O)NC[C@@H]2CCCO2)ccc1OCC(C)C. The number of amides is 1. The van der Waals surface area contributed by atoms with Gasteiger partial charge in [-0.2, -0.15) is 5.26 Å². The maximum Gasteiger partial charge on any atom is 0.262 e. The predicted octanol–water partition coefficient (Wildman–Crippen LogP) is 3.32. The Morgan fingerprint density at radius 1 is 1.41 bits per heavy atom. The van der Waals surface area contributed by atoms with Crippen molar-refractivity contribution < 1.29 is 19.0 Å². The van der Waals surface area contributed by atoms with Gasteiger partial charge in [-0.3, -0.25) is 4.79 Å². The van der Waals surface area contributed by atoms with Gasteiger partial charge in [0.1, 0.15) is 11.6 Å². The zero-order valence-corrected chi connectivity index (χ0v) is 16.3. The fraction of sp³-hybridized carbons (Fsp3) is 0.524. The van der Waals surface area contributed by atoms with Crippen LogP contribution in [0.25, 0.3) is 6.08 Å². The second kappa shape index (κ2) is 10.6. The van der Waals surface area contributed by atoms with E-state index in [1.165, 1.54) is 0 Å². The summed E-state index contributed by atoms with van der Waals surface area (Å²) in [5.74, 6) is 1.26. The third kappa shape index (κ3) is 6.61. The van der Waals surface area contributed by atoms with Gasteiger partial charge in [0.05, 0.1) is 19.3 Å². The molecule has 1 saturated heterocycles. The number of nitrogens with one attached hydrogen (secondary N) is 1. The lowest BCUT2D eigenvalue weighted by Gasteiger charge is -2.14. The van der Waals surface area contributed by atoms with E-state index in [-0.39, 0.29) is 11.7 Å². The van der Waals surface area contributed by atoms with Gasteiger partial charge in [0.2, 0.25) is 0 Å². The van der Waals surface area contributed by atoms with Gasteiger partial charge in [-0.05, 0) is 49.5 Å². The summed E-state index contributed by atoms with van der Waals surface area (Å²) in [6.07, 6.45) is 3.53. The molecule has 1 aromatic carbocycles. The maximum atomic E-state index is 12.3. The van der Waals surface area contributed by atoms with Crippen molar-refractivity contribution in [1.82, 2.24) is 5.32 Å². The van der Waals surface area contributed by atoms with E-state index < -0.39 is 5.91 Å². The molecule has 6 heteroatoms. The van der Waals surface area contributed by atoms with Crippen molar-refractivity contribution in [3.05, 3.63) is 29.3 Å². The Labute approximate surface area is 161 Å². The Hall–Kier alpha value is -2.52. The number of benzene rings is 1. The molecule has 6 nitrogen and oxygen atoms in total. The van der Waals surface area contributed by atoms with Crippen molar-refractivity contribution in [2.75, 3.05) is 26.4 Å². The van der Waals surface area contributed by atoms with Crippen LogP contribution in [0.2, 0.25) is 0 Å². The van der Waals surface area contributed by atoms with Gasteiger partial charge in [0.25, 0.3) is 5.91 Å². The van der Waals surface area contributed by atoms with Crippen molar-refractivity contribution in [1.29, 1.82) is 5.26 Å². The highest BCUT2D eigenvalue weighted by atomic mass is 16.5. The summed E-state index contributed by atoms with van der Waals surface area (Å²) in [5.41, 5.74) is 0.755. The average molecular weight is 372 g/mol. The molecule has 0 aliphatic carbocycles. The molecular formula is C21H28N2O4. The molecular weight excluding hydrogens is 344 g/mol. The molecule has 1 atom stereocenters. The number of carbonyl (C=O) groups excluding carboxylic acids is 1. The minimum Gasteiger partial charge on any atom is -0.490 e. The van der Waals surface area contributed by atoms with Gasteiger partial charge in [-0.15, -0.1) is 0 Å². The van der Waals surface area contributed by atoms with Crippen LogP contribution in [0.15, 0.2) is 23.8 Å². The highest BCUT2D eigenvalue weighted by molar-refractivity contribution is 6.01. The first-order chi connectivity index (χ1) is 13.0. The number of rotatable bonds is 9. The lowest BCUT2D eigenvalue weighted by atomic mass is 10.1. The largest absolute Gasteiger partial charge is 0.490 e. The lowest BCUT2D eigenvalue weighted by Crippen LogP contribution is -2.32. The minimum atomic E-state index is -0.397. The zero-order chi connectivity index (χ0) is 19.6. The third-order valence-electron chi connectivity index (χ3n) is 4.03. The van der Waals surface area contributed by atoms with Gasteiger partial charge in [0, 0.05) is 13.2 Å². The van der Waals surface area contributed by atoms with Crippen LogP contribution in [-0.2, 0) is 9.53 Å². The molecule has 1 N–H and O–H groups in total. The number of hydrogen-bond acceptors (Lipinski definition) is 5. The monoisotopic (exact) mass is 372 g/mol. The number of ether oxygens (including phenoxy) is 3. The predicted molar refractivity (Wildman–Crippen MR) is 104 cm³/mol. The number of carbonyl (C=O) groups is 1. The molecule has 1 fully saturated rings. The van der Waals surface area contributed by atoms with E-state index in [2.05, 4.69) is 19.2 Å². The summed E-state index contributed by atoms with van der Waals surface area (Å²) >= 11 is 0. The molecule has 0 bridgehead atoms. The van der Waals surface area contributed by atoms with Gasteiger partial charge >= 0.3 is 0 Å². The van der Waals surface area contributed by atoms with E-state index in [4.69, 9.17) is 14.2 Å². The van der Waals surface area contributed by atoms with Crippen LogP contribution in [0.1, 0.15) is 39.2 Å². The summed E-state index contributed by atoms with van der Waals surface area (Å²) in [6, 6.07) is 7.36. The zero-order valence-electron chi connectivity index (χ0n) is 16.3. The average Bonchev–Trinajstić information content (AvgIpc) is 3.17. The molecule has 0 radical (unpaired) electrons. The maximum absolute atomic E-state index is 12.3. The number of nitrogens with zero attached hydrogens (tertiary/aromatic N) is 1. The summed E-state index contributed by atoms with van der Waals surface area (Å²) in [5, 5.41) is 12.1. The first-order valence-electron chi connectivity index (χ1n) is 9.44. The van der Waals surface area contributed by atoms with Crippen LogP contribution in [0.4, 0.5) is 0 Å². The molecule has 0 aromatic heterocycles. The molecule has 1 heterocycles. The van der Waals surface area contributed by atoms with Crippen LogP contribution < -0.4 is 14.8 Å². The molecule has 1 aliphatic heterocycles. The molecule has 0 spiro atoms. The number of hydrogen-bond donors (Lipinski definition) is 1. The van der Waals surface area contributed by atoms with Gasteiger partial charge < -0.3 is 19.5 Å². The fourth-order valence-corrected chi connectivity index (χ4v) is 2.68. The molecule has 146 valence electrons.